The number of benzene rings is 1. The molecule has 1 aromatic carbocycles. The summed E-state index contributed by atoms with van der Waals surface area (Å²) in [7, 11) is 1.61. The van der Waals surface area contributed by atoms with E-state index in [1.807, 2.05) is 26.0 Å². The highest BCUT2D eigenvalue weighted by atomic mass is 16.5. The first kappa shape index (κ1) is 15.2. The lowest BCUT2D eigenvalue weighted by atomic mass is 9.97. The second-order valence-electron chi connectivity index (χ2n) is 4.44. The maximum atomic E-state index is 11.8. The molecule has 0 bridgehead atoms. The third kappa shape index (κ3) is 4.39. The van der Waals surface area contributed by atoms with Crippen LogP contribution in [0.1, 0.15) is 30.0 Å². The Bertz CT molecular complexity index is 454. The van der Waals surface area contributed by atoms with Crippen molar-refractivity contribution in [1.29, 1.82) is 0 Å². The van der Waals surface area contributed by atoms with Gasteiger partial charge in [0.15, 0.2) is 0 Å². The maximum Gasteiger partial charge on any atom is 0.313 e. The monoisotopic (exact) mass is 264 g/mol. The largest absolute Gasteiger partial charge is 0.497 e. The van der Waals surface area contributed by atoms with E-state index >= 15 is 0 Å². The van der Waals surface area contributed by atoms with Gasteiger partial charge < -0.3 is 9.47 Å². The van der Waals surface area contributed by atoms with E-state index in [1.54, 1.807) is 14.0 Å². The highest BCUT2D eigenvalue weighted by Gasteiger charge is 2.14. The molecule has 4 nitrogen and oxygen atoms in total. The number of ether oxygens (including phenoxy) is 2. The Morgan fingerprint density at radius 3 is 2.21 bits per heavy atom. The van der Waals surface area contributed by atoms with Crippen molar-refractivity contribution < 1.29 is 19.1 Å². The molecule has 0 atom stereocenters. The zero-order chi connectivity index (χ0) is 14.4. The van der Waals surface area contributed by atoms with Crippen LogP contribution in [0.15, 0.2) is 12.1 Å². The van der Waals surface area contributed by atoms with E-state index in [4.69, 9.17) is 9.47 Å². The van der Waals surface area contributed by atoms with Crippen LogP contribution in [0.25, 0.3) is 0 Å². The number of methoxy groups -OCH3 is 1. The maximum absolute atomic E-state index is 11.8. The van der Waals surface area contributed by atoms with Crippen LogP contribution >= 0.6 is 0 Å². The smallest absolute Gasteiger partial charge is 0.313 e. The van der Waals surface area contributed by atoms with Crippen LogP contribution in [0.3, 0.4) is 0 Å². The Morgan fingerprint density at radius 2 is 1.74 bits per heavy atom. The van der Waals surface area contributed by atoms with E-state index in [9.17, 15) is 9.59 Å². The van der Waals surface area contributed by atoms with Crippen LogP contribution < -0.4 is 4.74 Å². The van der Waals surface area contributed by atoms with E-state index in [2.05, 4.69) is 0 Å². The summed E-state index contributed by atoms with van der Waals surface area (Å²) in [6.07, 6.45) is 0.0826. The number of hydrogen-bond acceptors (Lipinski definition) is 4. The number of esters is 1. The number of rotatable bonds is 6. The van der Waals surface area contributed by atoms with Crippen molar-refractivity contribution >= 4 is 11.8 Å². The van der Waals surface area contributed by atoms with Gasteiger partial charge in [0.25, 0.3) is 0 Å². The van der Waals surface area contributed by atoms with Gasteiger partial charge in [-0.05, 0) is 49.6 Å². The molecule has 19 heavy (non-hydrogen) atoms. The Kier molecular flexibility index (Phi) is 5.55. The van der Waals surface area contributed by atoms with Gasteiger partial charge in [-0.3, -0.25) is 9.59 Å². The van der Waals surface area contributed by atoms with Crippen LogP contribution in [0.2, 0.25) is 0 Å². The van der Waals surface area contributed by atoms with Gasteiger partial charge in [0.2, 0.25) is 0 Å². The summed E-state index contributed by atoms with van der Waals surface area (Å²) < 4.78 is 9.94. The van der Waals surface area contributed by atoms with Gasteiger partial charge in [0.05, 0.1) is 13.7 Å². The minimum absolute atomic E-state index is 0.130. The first-order valence-corrected chi connectivity index (χ1v) is 6.29. The highest BCUT2D eigenvalue weighted by Crippen LogP contribution is 2.22. The van der Waals surface area contributed by atoms with E-state index in [0.29, 0.717) is 6.61 Å². The summed E-state index contributed by atoms with van der Waals surface area (Å²) in [6, 6.07) is 3.78. The first-order chi connectivity index (χ1) is 8.97. The minimum Gasteiger partial charge on any atom is -0.497 e. The highest BCUT2D eigenvalue weighted by molar-refractivity contribution is 5.96. The third-order valence-electron chi connectivity index (χ3n) is 2.93. The normalized spacial score (nSPS) is 10.1. The second-order valence-corrected chi connectivity index (χ2v) is 4.44. The molecular formula is C15H20O4. The van der Waals surface area contributed by atoms with Crippen molar-refractivity contribution in [1.82, 2.24) is 0 Å². The quantitative estimate of drug-likeness (QED) is 0.584. The summed E-state index contributed by atoms with van der Waals surface area (Å²) in [5.41, 5.74) is 2.94. The molecule has 0 radical (unpaired) electrons. The van der Waals surface area contributed by atoms with E-state index < -0.39 is 5.97 Å². The van der Waals surface area contributed by atoms with Crippen LogP contribution in [0.5, 0.6) is 5.75 Å². The van der Waals surface area contributed by atoms with E-state index in [0.717, 1.165) is 22.4 Å². The molecular weight excluding hydrogens is 244 g/mol. The molecule has 0 aliphatic heterocycles. The van der Waals surface area contributed by atoms with Crippen LogP contribution in [-0.2, 0) is 20.7 Å². The van der Waals surface area contributed by atoms with Gasteiger partial charge in [-0.25, -0.2) is 0 Å². The SMILES string of the molecule is CCOC(=O)CC(=O)Cc1c(C)cc(OC)cc1C. The van der Waals surface area contributed by atoms with Crippen molar-refractivity contribution in [3.63, 3.8) is 0 Å². The Morgan fingerprint density at radius 1 is 1.16 bits per heavy atom. The number of ketones is 1. The lowest BCUT2D eigenvalue weighted by Gasteiger charge is -2.11. The lowest BCUT2D eigenvalue weighted by molar-refractivity contribution is -0.145. The molecule has 1 aromatic rings. The van der Waals surface area contributed by atoms with E-state index in [-0.39, 0.29) is 18.6 Å². The number of aryl methyl sites for hydroxylation is 2. The molecule has 0 aliphatic rings. The predicted molar refractivity (Wildman–Crippen MR) is 72.4 cm³/mol. The lowest BCUT2D eigenvalue weighted by Crippen LogP contribution is -2.14. The number of hydrogen-bond donors (Lipinski definition) is 0. The second kappa shape index (κ2) is 6.92. The van der Waals surface area contributed by atoms with Gasteiger partial charge in [-0.1, -0.05) is 0 Å². The number of carbonyl (C=O) groups excluding carboxylic acids is 2. The van der Waals surface area contributed by atoms with Crippen LogP contribution in [-0.4, -0.2) is 25.5 Å². The Hall–Kier alpha value is -1.84. The van der Waals surface area contributed by atoms with Gasteiger partial charge in [0.1, 0.15) is 18.0 Å². The summed E-state index contributed by atoms with van der Waals surface area (Å²) in [5, 5.41) is 0. The molecule has 0 N–H and O–H groups in total. The average Bonchev–Trinajstić information content (AvgIpc) is 2.33. The standard InChI is InChI=1S/C15H20O4/c1-5-19-15(17)9-12(16)8-14-10(2)6-13(18-4)7-11(14)3/h6-7H,5,8-9H2,1-4H3. The minimum atomic E-state index is -0.462. The van der Waals surface area contributed by atoms with Gasteiger partial charge in [0, 0.05) is 6.42 Å². The molecule has 0 fully saturated rings. The van der Waals surface area contributed by atoms with Crippen molar-refractivity contribution in [2.45, 2.75) is 33.6 Å². The molecule has 0 aliphatic carbocycles. The molecule has 0 spiro atoms. The van der Waals surface area contributed by atoms with Crippen molar-refractivity contribution in [2.24, 2.45) is 0 Å². The van der Waals surface area contributed by atoms with Crippen molar-refractivity contribution in [2.75, 3.05) is 13.7 Å². The van der Waals surface area contributed by atoms with Gasteiger partial charge in [-0.15, -0.1) is 0 Å². The molecule has 104 valence electrons. The summed E-state index contributed by atoms with van der Waals surface area (Å²) in [5.74, 6) is 0.183. The van der Waals surface area contributed by atoms with Gasteiger partial charge >= 0.3 is 5.97 Å². The molecule has 0 amide bonds. The third-order valence-corrected chi connectivity index (χ3v) is 2.93. The van der Waals surface area contributed by atoms with E-state index in [1.165, 1.54) is 0 Å². The number of Topliss-reactive ketones (excluding diaryl/α,β-unsaturated/α-hetero) is 1. The molecule has 0 saturated carbocycles. The van der Waals surface area contributed by atoms with Crippen molar-refractivity contribution in [3.8, 4) is 5.75 Å². The zero-order valence-corrected chi connectivity index (χ0v) is 11.9. The molecule has 0 saturated heterocycles. The molecule has 1 rings (SSSR count). The zero-order valence-electron chi connectivity index (χ0n) is 11.9. The number of carbonyl (C=O) groups is 2. The summed E-state index contributed by atoms with van der Waals surface area (Å²) in [6.45, 7) is 5.89. The molecule has 0 heterocycles. The van der Waals surface area contributed by atoms with Crippen LogP contribution in [0, 0.1) is 13.8 Å². The van der Waals surface area contributed by atoms with Gasteiger partial charge in [-0.2, -0.15) is 0 Å². The molecule has 0 unspecified atom stereocenters. The molecule has 4 heteroatoms. The average molecular weight is 264 g/mol. The fraction of sp³-hybridized carbons (Fsp3) is 0.467. The predicted octanol–water partition coefficient (Wildman–Crippen LogP) is 2.38. The Labute approximate surface area is 113 Å². The summed E-state index contributed by atoms with van der Waals surface area (Å²) >= 11 is 0. The van der Waals surface area contributed by atoms with Crippen LogP contribution in [0.4, 0.5) is 0 Å². The van der Waals surface area contributed by atoms with Crippen molar-refractivity contribution in [3.05, 3.63) is 28.8 Å². The first-order valence-electron chi connectivity index (χ1n) is 6.29. The summed E-state index contributed by atoms with van der Waals surface area (Å²) in [4.78, 5) is 23.1. The molecule has 0 aromatic heterocycles. The fourth-order valence-electron chi connectivity index (χ4n) is 1.98. The fourth-order valence-corrected chi connectivity index (χ4v) is 1.98. The Balaban J connectivity index is 2.77. The topological polar surface area (TPSA) is 52.6 Å².